The van der Waals surface area contributed by atoms with Gasteiger partial charge in [-0.15, -0.1) is 0 Å². The summed E-state index contributed by atoms with van der Waals surface area (Å²) in [5.74, 6) is -2.55. The molecule has 0 saturated carbocycles. The Labute approximate surface area is 116 Å². The number of carbonyl (C=O) groups is 1. The molecule has 1 atom stereocenters. The van der Waals surface area contributed by atoms with Crippen molar-refractivity contribution in [2.24, 2.45) is 0 Å². The van der Waals surface area contributed by atoms with Crippen LogP contribution in [0.3, 0.4) is 0 Å². The third-order valence-corrected chi connectivity index (χ3v) is 3.67. The Balaban J connectivity index is 2.25. The smallest absolute Gasteiger partial charge is 0.260 e. The fraction of sp³-hybridized carbons (Fsp3) is 0.500. The molecule has 4 nitrogen and oxygen atoms in total. The van der Waals surface area contributed by atoms with Crippen molar-refractivity contribution >= 4 is 11.6 Å². The van der Waals surface area contributed by atoms with E-state index in [9.17, 15) is 13.6 Å². The van der Waals surface area contributed by atoms with Gasteiger partial charge < -0.3 is 15.7 Å². The van der Waals surface area contributed by atoms with Gasteiger partial charge in [0.25, 0.3) is 5.91 Å². The first kappa shape index (κ1) is 14.7. The van der Waals surface area contributed by atoms with Gasteiger partial charge in [-0.1, -0.05) is 0 Å². The van der Waals surface area contributed by atoms with Gasteiger partial charge in [-0.25, -0.2) is 8.78 Å². The summed E-state index contributed by atoms with van der Waals surface area (Å²) in [5.41, 5.74) is 4.58. The maximum Gasteiger partial charge on any atom is 0.260 e. The second-order valence-corrected chi connectivity index (χ2v) is 4.99. The molecule has 0 bridgehead atoms. The molecule has 1 aliphatic rings. The highest BCUT2D eigenvalue weighted by Crippen LogP contribution is 2.27. The van der Waals surface area contributed by atoms with Crippen LogP contribution in [0.1, 0.15) is 36.0 Å². The van der Waals surface area contributed by atoms with Gasteiger partial charge in [0.1, 0.15) is 11.4 Å². The molecular formula is C14H18F2N2O2. The molecule has 20 heavy (non-hydrogen) atoms. The Morgan fingerprint density at radius 1 is 1.45 bits per heavy atom. The quantitative estimate of drug-likeness (QED) is 0.830. The number of nitrogen functional groups attached to an aromatic ring is 1. The lowest BCUT2D eigenvalue weighted by atomic mass is 10.1. The number of amides is 1. The lowest BCUT2D eigenvalue weighted by molar-refractivity contribution is 0.0714. The molecule has 1 fully saturated rings. The second kappa shape index (κ2) is 6.17. The molecule has 1 aromatic rings. The summed E-state index contributed by atoms with van der Waals surface area (Å²) in [6.45, 7) is 0.516. The maximum atomic E-state index is 13.9. The van der Waals surface area contributed by atoms with E-state index in [1.54, 1.807) is 0 Å². The van der Waals surface area contributed by atoms with E-state index in [4.69, 9.17) is 10.8 Å². The van der Waals surface area contributed by atoms with Crippen LogP contribution in [0.5, 0.6) is 0 Å². The molecule has 1 aromatic carbocycles. The molecule has 0 aliphatic carbocycles. The van der Waals surface area contributed by atoms with Crippen LogP contribution in [0, 0.1) is 11.6 Å². The fourth-order valence-corrected chi connectivity index (χ4v) is 2.64. The number of rotatable bonds is 4. The van der Waals surface area contributed by atoms with Crippen LogP contribution >= 0.6 is 0 Å². The Morgan fingerprint density at radius 2 is 2.20 bits per heavy atom. The molecule has 0 spiro atoms. The minimum Gasteiger partial charge on any atom is -0.396 e. The van der Waals surface area contributed by atoms with Crippen molar-refractivity contribution in [1.29, 1.82) is 0 Å². The Morgan fingerprint density at radius 3 is 2.90 bits per heavy atom. The number of hydrogen-bond acceptors (Lipinski definition) is 3. The van der Waals surface area contributed by atoms with Crippen LogP contribution in [0.15, 0.2) is 12.1 Å². The second-order valence-electron chi connectivity index (χ2n) is 4.99. The van der Waals surface area contributed by atoms with Crippen molar-refractivity contribution in [3.63, 3.8) is 0 Å². The van der Waals surface area contributed by atoms with Crippen molar-refractivity contribution in [3.05, 3.63) is 29.3 Å². The molecular weight excluding hydrogens is 266 g/mol. The normalized spacial score (nSPS) is 18.6. The van der Waals surface area contributed by atoms with Crippen LogP contribution in [0.2, 0.25) is 0 Å². The molecule has 1 aliphatic heterocycles. The number of halogens is 2. The fourth-order valence-electron chi connectivity index (χ4n) is 2.64. The lowest BCUT2D eigenvalue weighted by Crippen LogP contribution is -2.36. The Kier molecular flexibility index (Phi) is 4.54. The monoisotopic (exact) mass is 284 g/mol. The topological polar surface area (TPSA) is 66.6 Å². The first-order valence-electron chi connectivity index (χ1n) is 6.71. The maximum absolute atomic E-state index is 13.9. The molecule has 2 rings (SSSR count). The van der Waals surface area contributed by atoms with E-state index in [1.165, 1.54) is 4.90 Å². The van der Waals surface area contributed by atoms with Gasteiger partial charge in [0.2, 0.25) is 0 Å². The highest BCUT2D eigenvalue weighted by Gasteiger charge is 2.32. The van der Waals surface area contributed by atoms with Gasteiger partial charge in [-0.3, -0.25) is 4.79 Å². The number of nitrogens with two attached hydrogens (primary N) is 1. The average Bonchev–Trinajstić information content (AvgIpc) is 2.89. The number of hydrogen-bond donors (Lipinski definition) is 2. The van der Waals surface area contributed by atoms with E-state index < -0.39 is 23.1 Å². The van der Waals surface area contributed by atoms with Gasteiger partial charge in [-0.2, -0.15) is 0 Å². The van der Waals surface area contributed by atoms with Crippen LogP contribution < -0.4 is 5.73 Å². The number of aliphatic hydroxyl groups is 1. The summed E-state index contributed by atoms with van der Waals surface area (Å²) in [6.07, 6.45) is 2.79. The standard InChI is InChI=1S/C14H18F2N2O2/c15-10-5-6-11(17)13(16)12(10)14(20)18-7-1-3-9(18)4-2-8-19/h5-6,9,19H,1-4,7-8,17H2. The molecule has 1 heterocycles. The van der Waals surface area contributed by atoms with Crippen LogP contribution in [0.25, 0.3) is 0 Å². The zero-order valence-electron chi connectivity index (χ0n) is 11.1. The minimum absolute atomic E-state index is 0.0412. The summed E-state index contributed by atoms with van der Waals surface area (Å²) in [4.78, 5) is 13.8. The van der Waals surface area contributed by atoms with Gasteiger partial charge in [-0.05, 0) is 37.8 Å². The van der Waals surface area contributed by atoms with E-state index in [-0.39, 0.29) is 18.3 Å². The van der Waals surface area contributed by atoms with Crippen molar-refractivity contribution in [2.75, 3.05) is 18.9 Å². The number of anilines is 1. The Hall–Kier alpha value is -1.69. The highest BCUT2D eigenvalue weighted by atomic mass is 19.1. The largest absolute Gasteiger partial charge is 0.396 e. The van der Waals surface area contributed by atoms with Crippen LogP contribution in [-0.2, 0) is 0 Å². The zero-order valence-corrected chi connectivity index (χ0v) is 11.1. The first-order chi connectivity index (χ1) is 9.56. The average molecular weight is 284 g/mol. The predicted molar refractivity (Wildman–Crippen MR) is 71.1 cm³/mol. The Bertz CT molecular complexity index is 508. The van der Waals surface area contributed by atoms with Crippen molar-refractivity contribution in [2.45, 2.75) is 31.7 Å². The molecule has 110 valence electrons. The van der Waals surface area contributed by atoms with Gasteiger partial charge >= 0.3 is 0 Å². The van der Waals surface area contributed by atoms with Crippen molar-refractivity contribution in [1.82, 2.24) is 4.90 Å². The van der Waals surface area contributed by atoms with E-state index in [0.29, 0.717) is 19.4 Å². The SMILES string of the molecule is Nc1ccc(F)c(C(=O)N2CCCC2CCCO)c1F. The number of likely N-dealkylation sites (tertiary alicyclic amines) is 1. The van der Waals surface area contributed by atoms with Crippen LogP contribution in [0.4, 0.5) is 14.5 Å². The summed E-state index contributed by atoms with van der Waals surface area (Å²) in [5, 5.41) is 8.85. The molecule has 3 N–H and O–H groups in total. The lowest BCUT2D eigenvalue weighted by Gasteiger charge is -2.25. The van der Waals surface area contributed by atoms with E-state index >= 15 is 0 Å². The molecule has 1 unspecified atom stereocenters. The third kappa shape index (κ3) is 2.75. The molecule has 6 heteroatoms. The highest BCUT2D eigenvalue weighted by molar-refractivity contribution is 5.96. The molecule has 0 radical (unpaired) electrons. The predicted octanol–water partition coefficient (Wildman–Crippen LogP) is 1.92. The van der Waals surface area contributed by atoms with Gasteiger partial charge in [0, 0.05) is 19.2 Å². The number of carbonyl (C=O) groups excluding carboxylic acids is 1. The van der Waals surface area contributed by atoms with E-state index in [0.717, 1.165) is 25.0 Å². The van der Waals surface area contributed by atoms with E-state index in [2.05, 4.69) is 0 Å². The first-order valence-corrected chi connectivity index (χ1v) is 6.71. The zero-order chi connectivity index (χ0) is 14.7. The van der Waals surface area contributed by atoms with Crippen molar-refractivity contribution < 1.29 is 18.7 Å². The number of benzene rings is 1. The summed E-state index contributed by atoms with van der Waals surface area (Å²) in [7, 11) is 0. The molecule has 0 aromatic heterocycles. The van der Waals surface area contributed by atoms with E-state index in [1.807, 2.05) is 0 Å². The summed E-state index contributed by atoms with van der Waals surface area (Å²) in [6, 6.07) is 2.04. The molecule has 1 saturated heterocycles. The van der Waals surface area contributed by atoms with Gasteiger partial charge in [0.05, 0.1) is 5.69 Å². The summed E-state index contributed by atoms with van der Waals surface area (Å²) < 4.78 is 27.6. The summed E-state index contributed by atoms with van der Waals surface area (Å²) >= 11 is 0. The minimum atomic E-state index is -0.997. The number of nitrogens with zero attached hydrogens (tertiary/aromatic N) is 1. The third-order valence-electron chi connectivity index (χ3n) is 3.67. The van der Waals surface area contributed by atoms with Crippen LogP contribution in [-0.4, -0.2) is 35.1 Å². The number of aliphatic hydroxyl groups excluding tert-OH is 1. The van der Waals surface area contributed by atoms with Crippen molar-refractivity contribution in [3.8, 4) is 0 Å². The molecule has 1 amide bonds. The van der Waals surface area contributed by atoms with Gasteiger partial charge in [0.15, 0.2) is 5.82 Å².